The monoisotopic (exact) mass is 392 g/mol. The van der Waals surface area contributed by atoms with E-state index in [4.69, 9.17) is 35.3 Å². The second-order valence-corrected chi connectivity index (χ2v) is 4.81. The molecule has 0 unspecified atom stereocenters. The zero-order valence-corrected chi connectivity index (χ0v) is 16.5. The molecule has 5 N–H and O–H groups in total. The summed E-state index contributed by atoms with van der Waals surface area (Å²) in [7, 11) is 0. The van der Waals surface area contributed by atoms with Crippen LogP contribution in [0.1, 0.15) is 69.3 Å². The highest BCUT2D eigenvalue weighted by Crippen LogP contribution is 2.03. The summed E-state index contributed by atoms with van der Waals surface area (Å²) in [4.78, 5) is 31.3. The lowest BCUT2D eigenvalue weighted by Gasteiger charge is -1.95. The molecule has 158 valence electrons. The number of hydrogen-bond acceptors (Lipinski definition) is 5. The molecule has 0 aliphatic heterocycles. The standard InChI is InChI=1S/C8H8O3.2C4H10.2CH2O3/c1-6-2-4-7(5-3-6)8(9)11-10;2*1-3-4-2;2*2-1(3)4/h2-5,10H,1H3;2*3-4H2,1-2H3;2*(H2,2,3,4). The Balaban J connectivity index is -0.000000139. The molecule has 0 bridgehead atoms. The van der Waals surface area contributed by atoms with Gasteiger partial charge in [-0.3, -0.25) is 4.89 Å². The Bertz CT molecular complexity index is 442. The topological polar surface area (TPSA) is 162 Å². The van der Waals surface area contributed by atoms with Gasteiger partial charge >= 0.3 is 18.3 Å². The summed E-state index contributed by atoms with van der Waals surface area (Å²) in [6.45, 7) is 10.6. The van der Waals surface area contributed by atoms with Crippen molar-refractivity contribution in [2.45, 2.75) is 60.3 Å². The number of carbonyl (C=O) groups is 3. The first-order valence-corrected chi connectivity index (χ1v) is 8.29. The summed E-state index contributed by atoms with van der Waals surface area (Å²) >= 11 is 0. The van der Waals surface area contributed by atoms with Crippen molar-refractivity contribution in [1.29, 1.82) is 0 Å². The maximum atomic E-state index is 10.7. The smallest absolute Gasteiger partial charge is 0.450 e. The van der Waals surface area contributed by atoms with E-state index in [0.29, 0.717) is 5.56 Å². The van der Waals surface area contributed by atoms with Gasteiger partial charge in [0.2, 0.25) is 0 Å². The summed E-state index contributed by atoms with van der Waals surface area (Å²) in [5.74, 6) is -0.731. The summed E-state index contributed by atoms with van der Waals surface area (Å²) < 4.78 is 0. The SMILES string of the molecule is CCCC.CCCC.Cc1ccc(C(=O)OO)cc1.O=C(O)O.O=C(O)O. The van der Waals surface area contributed by atoms with Gasteiger partial charge in [0.1, 0.15) is 0 Å². The van der Waals surface area contributed by atoms with Gasteiger partial charge in [-0.15, -0.1) is 0 Å². The first-order chi connectivity index (χ1) is 12.5. The molecule has 0 amide bonds. The lowest BCUT2D eigenvalue weighted by molar-refractivity contribution is -0.182. The highest BCUT2D eigenvalue weighted by Gasteiger charge is 2.04. The van der Waals surface area contributed by atoms with Crippen LogP contribution in [0.25, 0.3) is 0 Å². The normalized spacial score (nSPS) is 7.78. The number of unbranched alkanes of at least 4 members (excludes halogenated alkanes) is 2. The maximum Gasteiger partial charge on any atom is 0.503 e. The van der Waals surface area contributed by atoms with Crippen LogP contribution in [0.15, 0.2) is 24.3 Å². The van der Waals surface area contributed by atoms with Crippen LogP contribution in [0.4, 0.5) is 9.59 Å². The minimum Gasteiger partial charge on any atom is -0.450 e. The highest BCUT2D eigenvalue weighted by atomic mass is 17.1. The summed E-state index contributed by atoms with van der Waals surface area (Å²) in [6.07, 6.45) is 1.61. The zero-order valence-electron chi connectivity index (χ0n) is 16.5. The van der Waals surface area contributed by atoms with E-state index in [1.807, 2.05) is 6.92 Å². The van der Waals surface area contributed by atoms with Crippen molar-refractivity contribution in [3.8, 4) is 0 Å². The van der Waals surface area contributed by atoms with Crippen LogP contribution < -0.4 is 0 Å². The minimum absolute atomic E-state index is 0.345. The molecule has 0 aromatic heterocycles. The van der Waals surface area contributed by atoms with E-state index in [2.05, 4.69) is 32.6 Å². The van der Waals surface area contributed by atoms with Crippen molar-refractivity contribution in [1.82, 2.24) is 0 Å². The van der Waals surface area contributed by atoms with Crippen molar-refractivity contribution in [3.05, 3.63) is 35.4 Å². The summed E-state index contributed by atoms with van der Waals surface area (Å²) in [5, 5.41) is 35.9. The second kappa shape index (κ2) is 25.4. The molecule has 1 rings (SSSR count). The summed E-state index contributed by atoms with van der Waals surface area (Å²) in [6, 6.07) is 6.72. The van der Waals surface area contributed by atoms with Crippen LogP contribution in [-0.2, 0) is 4.89 Å². The van der Waals surface area contributed by atoms with Crippen molar-refractivity contribution in [2.75, 3.05) is 0 Å². The van der Waals surface area contributed by atoms with Crippen molar-refractivity contribution in [2.24, 2.45) is 0 Å². The Morgan fingerprint density at radius 1 is 0.741 bits per heavy atom. The Morgan fingerprint density at radius 2 is 1.00 bits per heavy atom. The quantitative estimate of drug-likeness (QED) is 0.321. The minimum atomic E-state index is -1.83. The molecule has 9 heteroatoms. The maximum absolute atomic E-state index is 10.7. The predicted molar refractivity (Wildman–Crippen MR) is 102 cm³/mol. The van der Waals surface area contributed by atoms with Crippen molar-refractivity contribution < 1.29 is 45.0 Å². The molecule has 0 saturated carbocycles. The van der Waals surface area contributed by atoms with Crippen LogP contribution in [0.5, 0.6) is 0 Å². The number of hydrogen-bond donors (Lipinski definition) is 5. The number of rotatable bonds is 3. The lowest BCUT2D eigenvalue weighted by atomic mass is 10.2. The predicted octanol–water partition coefficient (Wildman–Crippen LogP) is 5.68. The molecule has 9 nitrogen and oxygen atoms in total. The van der Waals surface area contributed by atoms with Gasteiger partial charge < -0.3 is 20.4 Å². The van der Waals surface area contributed by atoms with Crippen LogP contribution in [0.2, 0.25) is 0 Å². The largest absolute Gasteiger partial charge is 0.503 e. The molecule has 0 atom stereocenters. The van der Waals surface area contributed by atoms with Gasteiger partial charge in [0.25, 0.3) is 0 Å². The summed E-state index contributed by atoms with van der Waals surface area (Å²) in [5.41, 5.74) is 1.40. The fourth-order valence-electron chi connectivity index (χ4n) is 0.742. The third-order valence-corrected chi connectivity index (χ3v) is 2.37. The Kier molecular flexibility index (Phi) is 30.1. The van der Waals surface area contributed by atoms with Gasteiger partial charge in [-0.05, 0) is 19.1 Å². The van der Waals surface area contributed by atoms with E-state index < -0.39 is 18.3 Å². The third kappa shape index (κ3) is 45.1. The Morgan fingerprint density at radius 3 is 1.19 bits per heavy atom. The van der Waals surface area contributed by atoms with Crippen LogP contribution >= 0.6 is 0 Å². The zero-order chi connectivity index (χ0) is 22.3. The van der Waals surface area contributed by atoms with E-state index in [-0.39, 0.29) is 0 Å². The number of carboxylic acid groups (broad SMARTS) is 4. The van der Waals surface area contributed by atoms with Crippen molar-refractivity contribution >= 4 is 18.3 Å². The molecule has 0 radical (unpaired) electrons. The fraction of sp³-hybridized carbons (Fsp3) is 0.500. The molecule has 1 aromatic rings. The molecule has 0 fully saturated rings. The van der Waals surface area contributed by atoms with Crippen LogP contribution in [0.3, 0.4) is 0 Å². The molecule has 0 spiro atoms. The number of benzene rings is 1. The van der Waals surface area contributed by atoms with Crippen LogP contribution in [0, 0.1) is 6.92 Å². The van der Waals surface area contributed by atoms with Gasteiger partial charge in [0, 0.05) is 0 Å². The number of aryl methyl sites for hydroxylation is 1. The average molecular weight is 392 g/mol. The first kappa shape index (κ1) is 31.9. The molecule has 1 aromatic carbocycles. The number of carbonyl (C=O) groups excluding carboxylic acids is 1. The molecule has 0 heterocycles. The van der Waals surface area contributed by atoms with Gasteiger partial charge in [0.05, 0.1) is 5.56 Å². The van der Waals surface area contributed by atoms with Crippen LogP contribution in [-0.4, -0.2) is 44.0 Å². The molecule has 27 heavy (non-hydrogen) atoms. The van der Waals surface area contributed by atoms with E-state index in [0.717, 1.165) is 5.56 Å². The van der Waals surface area contributed by atoms with Gasteiger partial charge in [-0.2, -0.15) is 5.26 Å². The van der Waals surface area contributed by atoms with E-state index in [9.17, 15) is 4.79 Å². The van der Waals surface area contributed by atoms with E-state index >= 15 is 0 Å². The Labute approximate surface area is 159 Å². The van der Waals surface area contributed by atoms with E-state index in [1.165, 1.54) is 25.7 Å². The molecule has 0 aliphatic carbocycles. The second-order valence-electron chi connectivity index (χ2n) is 4.81. The van der Waals surface area contributed by atoms with E-state index in [1.54, 1.807) is 24.3 Å². The Hall–Kier alpha value is -2.81. The van der Waals surface area contributed by atoms with Gasteiger partial charge in [-0.1, -0.05) is 71.1 Å². The molecule has 0 saturated heterocycles. The molecule has 0 aliphatic rings. The third-order valence-electron chi connectivity index (χ3n) is 2.37. The highest BCUT2D eigenvalue weighted by molar-refractivity contribution is 5.88. The van der Waals surface area contributed by atoms with Crippen molar-refractivity contribution in [3.63, 3.8) is 0 Å². The van der Waals surface area contributed by atoms with Gasteiger partial charge in [-0.25, -0.2) is 14.4 Å². The molecular formula is C18H32O9. The fourth-order valence-corrected chi connectivity index (χ4v) is 0.742. The first-order valence-electron chi connectivity index (χ1n) is 8.29. The molecular weight excluding hydrogens is 360 g/mol. The average Bonchev–Trinajstić information content (AvgIpc) is 2.61. The lowest BCUT2D eigenvalue weighted by Crippen LogP contribution is -2.00. The van der Waals surface area contributed by atoms with Gasteiger partial charge in [0.15, 0.2) is 0 Å².